The summed E-state index contributed by atoms with van der Waals surface area (Å²) in [7, 11) is 1.71. The van der Waals surface area contributed by atoms with Gasteiger partial charge in [0.2, 0.25) is 0 Å². The Kier molecular flexibility index (Phi) is 5.09. The molecular weight excluding hydrogens is 310 g/mol. The molecule has 0 amide bonds. The SMILES string of the molecule is COCc1cc(N2CCC(c3ccccc3)C2C)nc(C(C)(C)C)n1. The van der Waals surface area contributed by atoms with E-state index in [0.29, 0.717) is 18.6 Å². The number of ether oxygens (including phenoxy) is 1. The molecule has 1 aromatic carbocycles. The molecule has 4 nitrogen and oxygen atoms in total. The average molecular weight is 339 g/mol. The predicted octanol–water partition coefficient (Wildman–Crippen LogP) is 4.30. The zero-order chi connectivity index (χ0) is 18.0. The van der Waals surface area contributed by atoms with E-state index in [1.54, 1.807) is 7.11 Å². The van der Waals surface area contributed by atoms with Gasteiger partial charge in [-0.1, -0.05) is 51.1 Å². The molecule has 4 heteroatoms. The molecule has 0 bridgehead atoms. The Hall–Kier alpha value is -1.94. The van der Waals surface area contributed by atoms with E-state index in [4.69, 9.17) is 14.7 Å². The van der Waals surface area contributed by atoms with Gasteiger partial charge in [-0.05, 0) is 18.9 Å². The number of hydrogen-bond acceptors (Lipinski definition) is 4. The Labute approximate surface area is 151 Å². The minimum absolute atomic E-state index is 0.0830. The molecule has 1 saturated heterocycles. The van der Waals surface area contributed by atoms with Crippen molar-refractivity contribution in [2.45, 2.75) is 58.1 Å². The second-order valence-corrected chi connectivity index (χ2v) is 7.96. The first-order valence-electron chi connectivity index (χ1n) is 9.09. The van der Waals surface area contributed by atoms with E-state index in [-0.39, 0.29) is 5.41 Å². The van der Waals surface area contributed by atoms with Crippen LogP contribution in [0.3, 0.4) is 0 Å². The van der Waals surface area contributed by atoms with E-state index in [0.717, 1.165) is 30.3 Å². The molecule has 1 aromatic heterocycles. The first kappa shape index (κ1) is 17.9. The lowest BCUT2D eigenvalue weighted by Crippen LogP contribution is -2.31. The van der Waals surface area contributed by atoms with Crippen molar-refractivity contribution in [1.29, 1.82) is 0 Å². The average Bonchev–Trinajstić information content (AvgIpc) is 2.96. The zero-order valence-corrected chi connectivity index (χ0v) is 16.0. The third-order valence-electron chi connectivity index (χ3n) is 5.01. The molecule has 0 N–H and O–H groups in total. The molecule has 0 saturated carbocycles. The number of hydrogen-bond donors (Lipinski definition) is 0. The molecular formula is C21H29N3O. The van der Waals surface area contributed by atoms with Gasteiger partial charge in [-0.25, -0.2) is 9.97 Å². The molecule has 1 aliphatic rings. The topological polar surface area (TPSA) is 38.2 Å². The number of methoxy groups -OCH3 is 1. The maximum Gasteiger partial charge on any atom is 0.136 e. The van der Waals surface area contributed by atoms with Crippen molar-refractivity contribution in [3.8, 4) is 0 Å². The van der Waals surface area contributed by atoms with E-state index in [2.05, 4.69) is 69.0 Å². The van der Waals surface area contributed by atoms with Crippen molar-refractivity contribution in [3.05, 3.63) is 53.5 Å². The minimum atomic E-state index is -0.0830. The van der Waals surface area contributed by atoms with Crippen LogP contribution in [-0.2, 0) is 16.8 Å². The number of aromatic nitrogens is 2. The molecule has 2 unspecified atom stereocenters. The van der Waals surface area contributed by atoms with E-state index in [1.807, 2.05) is 0 Å². The van der Waals surface area contributed by atoms with Gasteiger partial charge < -0.3 is 9.64 Å². The normalized spacial score (nSPS) is 20.9. The number of anilines is 1. The summed E-state index contributed by atoms with van der Waals surface area (Å²) < 4.78 is 5.32. The highest BCUT2D eigenvalue weighted by molar-refractivity contribution is 5.45. The van der Waals surface area contributed by atoms with Crippen LogP contribution in [0.4, 0.5) is 5.82 Å². The maximum absolute atomic E-state index is 5.32. The van der Waals surface area contributed by atoms with Crippen molar-refractivity contribution in [2.24, 2.45) is 0 Å². The molecule has 2 atom stereocenters. The van der Waals surface area contributed by atoms with Crippen molar-refractivity contribution in [2.75, 3.05) is 18.6 Å². The van der Waals surface area contributed by atoms with Gasteiger partial charge >= 0.3 is 0 Å². The first-order chi connectivity index (χ1) is 11.9. The fourth-order valence-corrected chi connectivity index (χ4v) is 3.60. The summed E-state index contributed by atoms with van der Waals surface area (Å²) >= 11 is 0. The molecule has 0 spiro atoms. The highest BCUT2D eigenvalue weighted by atomic mass is 16.5. The van der Waals surface area contributed by atoms with Gasteiger partial charge in [0.1, 0.15) is 11.6 Å². The summed E-state index contributed by atoms with van der Waals surface area (Å²) in [6.07, 6.45) is 1.15. The van der Waals surface area contributed by atoms with Crippen LogP contribution in [0.5, 0.6) is 0 Å². The smallest absolute Gasteiger partial charge is 0.136 e. The first-order valence-corrected chi connectivity index (χ1v) is 9.09. The molecule has 3 rings (SSSR count). The van der Waals surface area contributed by atoms with Crippen LogP contribution in [0.2, 0.25) is 0 Å². The van der Waals surface area contributed by atoms with E-state index in [1.165, 1.54) is 5.56 Å². The summed E-state index contributed by atoms with van der Waals surface area (Å²) in [5, 5.41) is 0. The molecule has 0 aliphatic carbocycles. The molecule has 2 heterocycles. The van der Waals surface area contributed by atoms with Crippen molar-refractivity contribution >= 4 is 5.82 Å². The van der Waals surface area contributed by atoms with Crippen LogP contribution in [0, 0.1) is 0 Å². The molecule has 1 aliphatic heterocycles. The van der Waals surface area contributed by atoms with E-state index < -0.39 is 0 Å². The molecule has 134 valence electrons. The van der Waals surface area contributed by atoms with Crippen LogP contribution in [-0.4, -0.2) is 29.7 Å². The molecule has 0 radical (unpaired) electrons. The number of rotatable bonds is 4. The van der Waals surface area contributed by atoms with E-state index >= 15 is 0 Å². The lowest BCUT2D eigenvalue weighted by atomic mass is 9.93. The quantitative estimate of drug-likeness (QED) is 0.832. The lowest BCUT2D eigenvalue weighted by molar-refractivity contribution is 0.181. The third kappa shape index (κ3) is 3.84. The van der Waals surface area contributed by atoms with Crippen LogP contribution in [0.15, 0.2) is 36.4 Å². The summed E-state index contributed by atoms with van der Waals surface area (Å²) in [5.41, 5.74) is 2.29. The van der Waals surface area contributed by atoms with Gasteiger partial charge in [0.15, 0.2) is 0 Å². The molecule has 25 heavy (non-hydrogen) atoms. The Bertz CT molecular complexity index is 709. The zero-order valence-electron chi connectivity index (χ0n) is 16.0. The predicted molar refractivity (Wildman–Crippen MR) is 102 cm³/mol. The Morgan fingerprint density at radius 3 is 2.52 bits per heavy atom. The van der Waals surface area contributed by atoms with Crippen LogP contribution in [0.25, 0.3) is 0 Å². The highest BCUT2D eigenvalue weighted by Crippen LogP contribution is 2.36. The highest BCUT2D eigenvalue weighted by Gasteiger charge is 2.33. The van der Waals surface area contributed by atoms with Gasteiger partial charge in [-0.2, -0.15) is 0 Å². The van der Waals surface area contributed by atoms with Gasteiger partial charge in [0.05, 0.1) is 12.3 Å². The Morgan fingerprint density at radius 1 is 1.16 bits per heavy atom. The van der Waals surface area contributed by atoms with Gasteiger partial charge in [-0.15, -0.1) is 0 Å². The van der Waals surface area contributed by atoms with Crippen molar-refractivity contribution in [3.63, 3.8) is 0 Å². The Balaban J connectivity index is 1.92. The Morgan fingerprint density at radius 2 is 1.88 bits per heavy atom. The maximum atomic E-state index is 5.32. The minimum Gasteiger partial charge on any atom is -0.378 e. The van der Waals surface area contributed by atoms with Crippen LogP contribution in [0.1, 0.15) is 57.1 Å². The van der Waals surface area contributed by atoms with Crippen molar-refractivity contribution in [1.82, 2.24) is 9.97 Å². The number of benzene rings is 1. The molecule has 1 fully saturated rings. The second kappa shape index (κ2) is 7.12. The van der Waals surface area contributed by atoms with Gasteiger partial charge in [0, 0.05) is 37.1 Å². The number of nitrogens with zero attached hydrogens (tertiary/aromatic N) is 3. The molecule has 2 aromatic rings. The summed E-state index contributed by atoms with van der Waals surface area (Å²) in [4.78, 5) is 12.0. The van der Waals surface area contributed by atoms with Crippen molar-refractivity contribution < 1.29 is 4.74 Å². The monoisotopic (exact) mass is 339 g/mol. The second-order valence-electron chi connectivity index (χ2n) is 7.96. The summed E-state index contributed by atoms with van der Waals surface area (Å²) in [6, 6.07) is 13.3. The van der Waals surface area contributed by atoms with E-state index in [9.17, 15) is 0 Å². The van der Waals surface area contributed by atoms with Crippen LogP contribution < -0.4 is 4.90 Å². The third-order valence-corrected chi connectivity index (χ3v) is 5.01. The summed E-state index contributed by atoms with van der Waals surface area (Å²) in [5.74, 6) is 2.45. The van der Waals surface area contributed by atoms with Crippen LogP contribution >= 0.6 is 0 Å². The fraction of sp³-hybridized carbons (Fsp3) is 0.524. The van der Waals surface area contributed by atoms with Gasteiger partial charge in [-0.3, -0.25) is 0 Å². The standard InChI is InChI=1S/C21H29N3O/c1-15-18(16-9-7-6-8-10-16)11-12-24(15)19-13-17(14-25-5)22-20(23-19)21(2,3)4/h6-10,13,15,18H,11-12,14H2,1-5H3. The van der Waals surface area contributed by atoms with Gasteiger partial charge in [0.25, 0.3) is 0 Å². The largest absolute Gasteiger partial charge is 0.378 e. The lowest BCUT2D eigenvalue weighted by Gasteiger charge is -2.28. The fourth-order valence-electron chi connectivity index (χ4n) is 3.60. The summed E-state index contributed by atoms with van der Waals surface area (Å²) in [6.45, 7) is 10.3.